The molecule has 0 atom stereocenters. The summed E-state index contributed by atoms with van der Waals surface area (Å²) in [6.07, 6.45) is 19.9. The minimum Gasteiger partial charge on any atom is -0.210 e. The van der Waals surface area contributed by atoms with Crippen molar-refractivity contribution >= 4 is 0 Å². The third-order valence-corrected chi connectivity index (χ3v) is 5.91. The van der Waals surface area contributed by atoms with E-state index in [2.05, 4.69) is 24.3 Å². The summed E-state index contributed by atoms with van der Waals surface area (Å²) >= 11 is 0. The van der Waals surface area contributed by atoms with E-state index >= 15 is 0 Å². The monoisotopic (exact) mass is 279 g/mol. The first kappa shape index (κ1) is 13.5. The molecule has 3 aliphatic carbocycles. The molecule has 2 bridgehead atoms. The summed E-state index contributed by atoms with van der Waals surface area (Å²) in [5, 5.41) is 0. The van der Waals surface area contributed by atoms with Crippen LogP contribution in [0.3, 0.4) is 0 Å². The summed E-state index contributed by atoms with van der Waals surface area (Å²) in [7, 11) is 0. The van der Waals surface area contributed by atoms with Crippen LogP contribution in [0.2, 0.25) is 0 Å². The highest BCUT2D eigenvalue weighted by molar-refractivity contribution is 5.39. The van der Waals surface area contributed by atoms with E-state index in [1.54, 1.807) is 27.8 Å². The van der Waals surface area contributed by atoms with Gasteiger partial charge in [-0.25, -0.2) is 6.07 Å². The summed E-state index contributed by atoms with van der Waals surface area (Å²) in [6.45, 7) is 0. The first-order valence-corrected chi connectivity index (χ1v) is 9.07. The number of fused-ring (bicyclic) bond motifs is 2. The van der Waals surface area contributed by atoms with Gasteiger partial charge in [-0.15, -0.1) is 0 Å². The molecule has 112 valence electrons. The Morgan fingerprint density at radius 1 is 0.810 bits per heavy atom. The van der Waals surface area contributed by atoms with Crippen LogP contribution in [0.5, 0.6) is 0 Å². The molecule has 0 saturated carbocycles. The van der Waals surface area contributed by atoms with Gasteiger partial charge in [0.1, 0.15) is 0 Å². The maximum Gasteiger partial charge on any atom is 0.00133 e. The molecule has 0 spiro atoms. The van der Waals surface area contributed by atoms with Crippen molar-refractivity contribution in [3.05, 3.63) is 52.1 Å². The van der Waals surface area contributed by atoms with Gasteiger partial charge in [-0.3, -0.25) is 0 Å². The maximum absolute atomic E-state index is 2.47. The fourth-order valence-corrected chi connectivity index (χ4v) is 4.74. The molecule has 0 unspecified atom stereocenters. The van der Waals surface area contributed by atoms with E-state index in [4.69, 9.17) is 0 Å². The zero-order chi connectivity index (χ0) is 14.1. The van der Waals surface area contributed by atoms with Gasteiger partial charge in [-0.05, 0) is 19.3 Å². The molecule has 0 saturated heterocycles. The van der Waals surface area contributed by atoms with E-state index in [1.165, 1.54) is 70.6 Å². The quantitative estimate of drug-likeness (QED) is 0.537. The number of hydrogen-bond acceptors (Lipinski definition) is 0. The highest BCUT2D eigenvalue weighted by Gasteiger charge is 2.22. The van der Waals surface area contributed by atoms with Crippen LogP contribution in [-0.2, 0) is 19.3 Å². The van der Waals surface area contributed by atoms with E-state index in [0.29, 0.717) is 0 Å². The molecule has 3 aliphatic rings. The normalized spacial score (nSPS) is 26.0. The van der Waals surface area contributed by atoms with Crippen molar-refractivity contribution in [1.29, 1.82) is 0 Å². The third-order valence-electron chi connectivity index (χ3n) is 5.91. The minimum absolute atomic E-state index is 0.808. The molecule has 0 aromatic heterocycles. The Kier molecular flexibility index (Phi) is 3.80. The van der Waals surface area contributed by atoms with Crippen molar-refractivity contribution in [2.24, 2.45) is 5.92 Å². The molecule has 0 heteroatoms. The van der Waals surface area contributed by atoms with E-state index < -0.39 is 0 Å². The molecule has 4 rings (SSSR count). The van der Waals surface area contributed by atoms with Gasteiger partial charge >= 0.3 is 0 Å². The second kappa shape index (κ2) is 5.91. The Labute approximate surface area is 129 Å². The summed E-state index contributed by atoms with van der Waals surface area (Å²) in [5.41, 5.74) is 8.62. The van der Waals surface area contributed by atoms with Crippen molar-refractivity contribution in [3.8, 4) is 0 Å². The molecule has 1 aromatic carbocycles. The largest absolute Gasteiger partial charge is 0.210 e. The second-order valence-corrected chi connectivity index (χ2v) is 7.20. The van der Waals surface area contributed by atoms with Crippen molar-refractivity contribution < 1.29 is 0 Å². The molecule has 0 amide bonds. The van der Waals surface area contributed by atoms with E-state index in [9.17, 15) is 0 Å². The first-order chi connectivity index (χ1) is 10.4. The third kappa shape index (κ3) is 2.65. The fourth-order valence-electron chi connectivity index (χ4n) is 4.74. The summed E-state index contributed by atoms with van der Waals surface area (Å²) < 4.78 is 0. The van der Waals surface area contributed by atoms with Crippen LogP contribution in [0.1, 0.15) is 68.1 Å². The topological polar surface area (TPSA) is 0 Å². The standard InChI is InChI=1S/C21H27/c1-2-7-17-14-15-19-9-4-3-8-18-13-12-16(6-1)20(18)10-5-11-21(17)19/h12-15,20H,1-11H2/q-1. The van der Waals surface area contributed by atoms with Crippen LogP contribution in [0, 0.1) is 5.92 Å². The smallest absolute Gasteiger partial charge is 0.00133 e. The highest BCUT2D eigenvalue weighted by atomic mass is 14.3. The number of hydrogen-bond donors (Lipinski definition) is 0. The lowest BCUT2D eigenvalue weighted by atomic mass is 9.86. The molecule has 0 radical (unpaired) electrons. The van der Waals surface area contributed by atoms with E-state index in [0.717, 1.165) is 5.92 Å². The summed E-state index contributed by atoms with van der Waals surface area (Å²) in [6, 6.07) is 4.89. The van der Waals surface area contributed by atoms with Gasteiger partial charge in [0.05, 0.1) is 0 Å². The fraction of sp³-hybridized carbons (Fsp3) is 0.571. The van der Waals surface area contributed by atoms with Crippen molar-refractivity contribution in [2.75, 3.05) is 0 Å². The van der Waals surface area contributed by atoms with Gasteiger partial charge in [-0.1, -0.05) is 74.7 Å². The van der Waals surface area contributed by atoms with Gasteiger partial charge in [0.15, 0.2) is 0 Å². The predicted octanol–water partition coefficient (Wildman–Crippen LogP) is 5.66. The second-order valence-electron chi connectivity index (χ2n) is 7.20. The van der Waals surface area contributed by atoms with Crippen LogP contribution < -0.4 is 0 Å². The Hall–Kier alpha value is -1.17. The van der Waals surface area contributed by atoms with Crippen LogP contribution in [0.25, 0.3) is 0 Å². The average molecular weight is 279 g/mol. The van der Waals surface area contributed by atoms with Crippen LogP contribution in [0.15, 0.2) is 35.4 Å². The molecule has 0 N–H and O–H groups in total. The van der Waals surface area contributed by atoms with Crippen LogP contribution in [-0.4, -0.2) is 0 Å². The van der Waals surface area contributed by atoms with Gasteiger partial charge < -0.3 is 0 Å². The zero-order valence-electron chi connectivity index (χ0n) is 13.2. The lowest BCUT2D eigenvalue weighted by Crippen LogP contribution is -2.05. The molecular formula is C21H27-. The number of rotatable bonds is 0. The van der Waals surface area contributed by atoms with Gasteiger partial charge in [0, 0.05) is 5.92 Å². The Balaban J connectivity index is 1.68. The van der Waals surface area contributed by atoms with Gasteiger partial charge in [0.25, 0.3) is 0 Å². The molecule has 1 aromatic rings. The van der Waals surface area contributed by atoms with Gasteiger partial charge in [0.2, 0.25) is 0 Å². The number of allylic oxidation sites excluding steroid dienone is 4. The lowest BCUT2D eigenvalue weighted by Gasteiger charge is -2.19. The maximum atomic E-state index is 2.47. The zero-order valence-corrected chi connectivity index (χ0v) is 13.2. The molecule has 0 fully saturated rings. The van der Waals surface area contributed by atoms with E-state index in [1.807, 2.05) is 0 Å². The van der Waals surface area contributed by atoms with Crippen LogP contribution >= 0.6 is 0 Å². The Morgan fingerprint density at radius 2 is 1.57 bits per heavy atom. The average Bonchev–Trinajstić information content (AvgIpc) is 3.03. The Morgan fingerprint density at radius 3 is 2.43 bits per heavy atom. The summed E-state index contributed by atoms with van der Waals surface area (Å²) in [5.74, 6) is 0.808. The van der Waals surface area contributed by atoms with Crippen molar-refractivity contribution in [2.45, 2.75) is 70.6 Å². The predicted molar refractivity (Wildman–Crippen MR) is 89.7 cm³/mol. The Bertz CT molecular complexity index is 521. The number of aryl methyl sites for hydroxylation is 2. The minimum atomic E-state index is 0.808. The van der Waals surface area contributed by atoms with Crippen molar-refractivity contribution in [3.63, 3.8) is 0 Å². The highest BCUT2D eigenvalue weighted by Crippen LogP contribution is 2.39. The van der Waals surface area contributed by atoms with Crippen molar-refractivity contribution in [1.82, 2.24) is 0 Å². The SMILES string of the molecule is C1=C2CCCCc3cc[c-]4c3CCCC2C(=C1)CCCC4. The van der Waals surface area contributed by atoms with Gasteiger partial charge in [-0.2, -0.15) is 22.8 Å². The van der Waals surface area contributed by atoms with Crippen LogP contribution in [0.4, 0.5) is 0 Å². The molecule has 0 nitrogen and oxygen atoms in total. The lowest BCUT2D eigenvalue weighted by molar-refractivity contribution is 0.561. The molecule has 21 heavy (non-hydrogen) atoms. The molecule has 0 aliphatic heterocycles. The van der Waals surface area contributed by atoms with E-state index in [-0.39, 0.29) is 0 Å². The summed E-state index contributed by atoms with van der Waals surface area (Å²) in [4.78, 5) is 0. The molecular weight excluding hydrogens is 252 g/mol. The molecule has 0 heterocycles. The first-order valence-electron chi connectivity index (χ1n) is 9.07.